The predicted octanol–water partition coefficient (Wildman–Crippen LogP) is 2.28. The number of rotatable bonds is 2. The van der Waals surface area contributed by atoms with E-state index >= 15 is 0 Å². The Hall–Kier alpha value is -1.30. The quantitative estimate of drug-likeness (QED) is 0.869. The summed E-state index contributed by atoms with van der Waals surface area (Å²) in [6.45, 7) is 4.01. The molecule has 7 heteroatoms. The SMILES string of the molecule is O=C(c1cccc(Cl)c1Cl)N1CCN(C(=O)C2CCNCC2)CC1. The smallest absolute Gasteiger partial charge is 0.255 e. The molecule has 2 saturated heterocycles. The number of amides is 2. The second-order valence-electron chi connectivity index (χ2n) is 6.24. The van der Waals surface area contributed by atoms with Crippen molar-refractivity contribution >= 4 is 35.0 Å². The summed E-state index contributed by atoms with van der Waals surface area (Å²) in [5.74, 6) is 0.219. The van der Waals surface area contributed by atoms with Gasteiger partial charge in [0.05, 0.1) is 15.6 Å². The minimum absolute atomic E-state index is 0.121. The molecule has 0 atom stereocenters. The van der Waals surface area contributed by atoms with Gasteiger partial charge in [0, 0.05) is 32.1 Å². The predicted molar refractivity (Wildman–Crippen MR) is 94.5 cm³/mol. The molecule has 5 nitrogen and oxygen atoms in total. The van der Waals surface area contributed by atoms with Gasteiger partial charge in [-0.2, -0.15) is 0 Å². The third kappa shape index (κ3) is 3.68. The van der Waals surface area contributed by atoms with Crippen LogP contribution in [0.5, 0.6) is 0 Å². The van der Waals surface area contributed by atoms with Gasteiger partial charge in [-0.05, 0) is 38.1 Å². The van der Waals surface area contributed by atoms with Gasteiger partial charge in [0.2, 0.25) is 5.91 Å². The van der Waals surface area contributed by atoms with Crippen LogP contribution in [0.1, 0.15) is 23.2 Å². The molecule has 2 heterocycles. The number of nitrogens with zero attached hydrogens (tertiary/aromatic N) is 2. The maximum atomic E-state index is 12.6. The van der Waals surface area contributed by atoms with Crippen LogP contribution in [0.2, 0.25) is 10.0 Å². The number of benzene rings is 1. The van der Waals surface area contributed by atoms with Gasteiger partial charge in [0.25, 0.3) is 5.91 Å². The standard InChI is InChI=1S/C17H21Cl2N3O2/c18-14-3-1-2-13(15(14)19)17(24)22-10-8-21(9-11-22)16(23)12-4-6-20-7-5-12/h1-3,12,20H,4-11H2. The van der Waals surface area contributed by atoms with Crippen molar-refractivity contribution in [3.8, 4) is 0 Å². The van der Waals surface area contributed by atoms with E-state index < -0.39 is 0 Å². The zero-order chi connectivity index (χ0) is 17.1. The highest BCUT2D eigenvalue weighted by atomic mass is 35.5. The summed E-state index contributed by atoms with van der Waals surface area (Å²) < 4.78 is 0. The Kier molecular flexibility index (Phi) is 5.64. The van der Waals surface area contributed by atoms with Gasteiger partial charge in [-0.15, -0.1) is 0 Å². The minimum Gasteiger partial charge on any atom is -0.339 e. The van der Waals surface area contributed by atoms with E-state index in [4.69, 9.17) is 23.2 Å². The molecule has 0 saturated carbocycles. The highest BCUT2D eigenvalue weighted by molar-refractivity contribution is 6.43. The lowest BCUT2D eigenvalue weighted by atomic mass is 9.96. The summed E-state index contributed by atoms with van der Waals surface area (Å²) in [7, 11) is 0. The monoisotopic (exact) mass is 369 g/mol. The van der Waals surface area contributed by atoms with Gasteiger partial charge in [-0.3, -0.25) is 9.59 Å². The van der Waals surface area contributed by atoms with Gasteiger partial charge in [-0.25, -0.2) is 0 Å². The highest BCUT2D eigenvalue weighted by Gasteiger charge is 2.30. The second kappa shape index (κ2) is 7.72. The average molecular weight is 370 g/mol. The summed E-state index contributed by atoms with van der Waals surface area (Å²) in [6.07, 6.45) is 1.80. The van der Waals surface area contributed by atoms with Crippen LogP contribution in [-0.2, 0) is 4.79 Å². The maximum absolute atomic E-state index is 12.6. The molecule has 0 radical (unpaired) electrons. The van der Waals surface area contributed by atoms with Gasteiger partial charge in [0.15, 0.2) is 0 Å². The van der Waals surface area contributed by atoms with Crippen LogP contribution in [0, 0.1) is 5.92 Å². The van der Waals surface area contributed by atoms with Crippen LogP contribution in [0.4, 0.5) is 0 Å². The van der Waals surface area contributed by atoms with E-state index in [-0.39, 0.29) is 22.8 Å². The zero-order valence-electron chi connectivity index (χ0n) is 13.4. The molecule has 24 heavy (non-hydrogen) atoms. The van der Waals surface area contributed by atoms with Crippen molar-refractivity contribution in [3.63, 3.8) is 0 Å². The molecule has 2 aliphatic rings. The Balaban J connectivity index is 1.59. The lowest BCUT2D eigenvalue weighted by Gasteiger charge is -2.37. The normalized spacial score (nSPS) is 19.4. The Labute approximate surface area is 151 Å². The van der Waals surface area contributed by atoms with E-state index in [0.717, 1.165) is 25.9 Å². The van der Waals surface area contributed by atoms with Crippen molar-refractivity contribution in [1.29, 1.82) is 0 Å². The summed E-state index contributed by atoms with van der Waals surface area (Å²) in [5.41, 5.74) is 0.419. The van der Waals surface area contributed by atoms with E-state index in [2.05, 4.69) is 5.32 Å². The highest BCUT2D eigenvalue weighted by Crippen LogP contribution is 2.27. The fraction of sp³-hybridized carbons (Fsp3) is 0.529. The van der Waals surface area contributed by atoms with Gasteiger partial charge < -0.3 is 15.1 Å². The number of hydrogen-bond donors (Lipinski definition) is 1. The number of nitrogens with one attached hydrogen (secondary N) is 1. The molecule has 0 unspecified atom stereocenters. The third-order valence-electron chi connectivity index (χ3n) is 4.75. The van der Waals surface area contributed by atoms with Gasteiger partial charge in [0.1, 0.15) is 0 Å². The summed E-state index contributed by atoms with van der Waals surface area (Å²) in [6, 6.07) is 5.07. The second-order valence-corrected chi connectivity index (χ2v) is 7.03. The third-order valence-corrected chi connectivity index (χ3v) is 5.57. The van der Waals surface area contributed by atoms with Crippen LogP contribution in [0.25, 0.3) is 0 Å². The van der Waals surface area contributed by atoms with E-state index in [9.17, 15) is 9.59 Å². The first kappa shape index (κ1) is 17.5. The summed E-state index contributed by atoms with van der Waals surface area (Å²) in [5, 5.41) is 3.94. The topological polar surface area (TPSA) is 52.7 Å². The molecule has 1 aromatic carbocycles. The molecule has 2 amide bonds. The van der Waals surface area contributed by atoms with Crippen molar-refractivity contribution in [1.82, 2.24) is 15.1 Å². The number of piperazine rings is 1. The Morgan fingerprint density at radius 1 is 1.00 bits per heavy atom. The van der Waals surface area contributed by atoms with Crippen molar-refractivity contribution < 1.29 is 9.59 Å². The van der Waals surface area contributed by atoms with Crippen molar-refractivity contribution in [3.05, 3.63) is 33.8 Å². The minimum atomic E-state index is -0.128. The molecule has 2 fully saturated rings. The molecule has 130 valence electrons. The largest absolute Gasteiger partial charge is 0.339 e. The molecule has 2 aliphatic heterocycles. The van der Waals surface area contributed by atoms with Crippen LogP contribution in [0.3, 0.4) is 0 Å². The van der Waals surface area contributed by atoms with E-state index in [1.165, 1.54) is 0 Å². The summed E-state index contributed by atoms with van der Waals surface area (Å²) in [4.78, 5) is 28.8. The van der Waals surface area contributed by atoms with Gasteiger partial charge >= 0.3 is 0 Å². The van der Waals surface area contributed by atoms with Gasteiger partial charge in [-0.1, -0.05) is 29.3 Å². The Morgan fingerprint density at radius 2 is 1.62 bits per heavy atom. The van der Waals surface area contributed by atoms with E-state index in [1.807, 2.05) is 4.90 Å². The molecular formula is C17H21Cl2N3O2. The fourth-order valence-corrected chi connectivity index (χ4v) is 3.68. The number of hydrogen-bond acceptors (Lipinski definition) is 3. The molecule has 0 bridgehead atoms. The molecule has 0 spiro atoms. The van der Waals surface area contributed by atoms with E-state index in [1.54, 1.807) is 23.1 Å². The lowest BCUT2D eigenvalue weighted by Crippen LogP contribution is -2.52. The number of carbonyl (C=O) groups is 2. The Bertz CT molecular complexity index is 624. The van der Waals surface area contributed by atoms with Crippen LogP contribution in [0.15, 0.2) is 18.2 Å². The number of carbonyl (C=O) groups excluding carboxylic acids is 2. The van der Waals surface area contributed by atoms with E-state index in [0.29, 0.717) is 36.8 Å². The first-order valence-corrected chi connectivity index (χ1v) is 9.06. The van der Waals surface area contributed by atoms with Crippen LogP contribution >= 0.6 is 23.2 Å². The Morgan fingerprint density at radius 3 is 2.29 bits per heavy atom. The summed E-state index contributed by atoms with van der Waals surface area (Å²) >= 11 is 12.1. The first-order chi connectivity index (χ1) is 11.6. The molecule has 0 aromatic heterocycles. The molecule has 0 aliphatic carbocycles. The maximum Gasteiger partial charge on any atom is 0.255 e. The van der Waals surface area contributed by atoms with Crippen LogP contribution in [-0.4, -0.2) is 60.9 Å². The fourth-order valence-electron chi connectivity index (χ4n) is 3.30. The lowest BCUT2D eigenvalue weighted by molar-refractivity contribution is -0.137. The number of piperidine rings is 1. The number of halogens is 2. The molecule has 3 rings (SSSR count). The van der Waals surface area contributed by atoms with Crippen LogP contribution < -0.4 is 5.32 Å². The average Bonchev–Trinajstić information content (AvgIpc) is 2.64. The van der Waals surface area contributed by atoms with Crippen molar-refractivity contribution in [2.45, 2.75) is 12.8 Å². The molecule has 1 aromatic rings. The zero-order valence-corrected chi connectivity index (χ0v) is 14.9. The molecular weight excluding hydrogens is 349 g/mol. The van der Waals surface area contributed by atoms with Crippen molar-refractivity contribution in [2.75, 3.05) is 39.3 Å². The van der Waals surface area contributed by atoms with Crippen molar-refractivity contribution in [2.24, 2.45) is 5.92 Å². The first-order valence-electron chi connectivity index (χ1n) is 8.30. The molecule has 1 N–H and O–H groups in total.